The fraction of sp³-hybridized carbons (Fsp3) is 0.417. The van der Waals surface area contributed by atoms with Crippen molar-refractivity contribution in [3.8, 4) is 11.1 Å². The fourth-order valence-electron chi connectivity index (χ4n) is 3.32. The summed E-state index contributed by atoms with van der Waals surface area (Å²) < 4.78 is 5.31. The second-order valence-electron chi connectivity index (χ2n) is 8.47. The zero-order valence-electron chi connectivity index (χ0n) is 18.1. The molecule has 0 unspecified atom stereocenters. The van der Waals surface area contributed by atoms with E-state index in [1.54, 1.807) is 11.3 Å². The van der Waals surface area contributed by atoms with Gasteiger partial charge in [0.05, 0.1) is 0 Å². The highest BCUT2D eigenvalue weighted by atomic mass is 32.1. The lowest BCUT2D eigenvalue weighted by Crippen LogP contribution is -2.32. The number of rotatable bonds is 7. The Morgan fingerprint density at radius 1 is 1.20 bits per heavy atom. The van der Waals surface area contributed by atoms with Crippen molar-refractivity contribution in [1.29, 1.82) is 0 Å². The maximum atomic E-state index is 11.9. The van der Waals surface area contributed by atoms with Gasteiger partial charge < -0.3 is 15.2 Å². The second kappa shape index (κ2) is 9.58. The molecule has 0 fully saturated rings. The number of amides is 1. The van der Waals surface area contributed by atoms with Crippen LogP contribution in [-0.4, -0.2) is 28.4 Å². The average Bonchev–Trinajstić information content (AvgIpc) is 3.08. The highest BCUT2D eigenvalue weighted by Gasteiger charge is 2.16. The number of hydrogen-bond acceptors (Lipinski definition) is 5. The number of aromatic nitrogens is 1. The standard InChI is InChI=1S/C24H30N2O3S/c1-16-13-17(8-9-18(16)15-26-23(28)29-24(2,3)4)20-10-11-25-22-21(20)14-19(30-22)7-5-6-12-27/h8-11,13-14,27H,5-7,12,15H2,1-4H3,(H,26,28). The molecule has 0 saturated heterocycles. The Morgan fingerprint density at radius 3 is 2.70 bits per heavy atom. The van der Waals surface area contributed by atoms with Gasteiger partial charge in [0.1, 0.15) is 10.4 Å². The second-order valence-corrected chi connectivity index (χ2v) is 9.58. The van der Waals surface area contributed by atoms with Crippen LogP contribution in [0.4, 0.5) is 4.79 Å². The number of pyridine rings is 1. The Morgan fingerprint density at radius 2 is 2.00 bits per heavy atom. The first-order valence-electron chi connectivity index (χ1n) is 10.3. The van der Waals surface area contributed by atoms with Crippen LogP contribution in [0.5, 0.6) is 0 Å². The third-order valence-electron chi connectivity index (χ3n) is 4.79. The maximum Gasteiger partial charge on any atom is 0.407 e. The smallest absolute Gasteiger partial charge is 0.407 e. The Hall–Kier alpha value is -2.44. The number of unbranched alkanes of at least 4 members (excludes halogenated alkanes) is 1. The van der Waals surface area contributed by atoms with Gasteiger partial charge in [-0.25, -0.2) is 9.78 Å². The molecular formula is C24H30N2O3S. The predicted octanol–water partition coefficient (Wildman–Crippen LogP) is 5.61. The molecule has 0 aliphatic rings. The molecule has 0 bridgehead atoms. The van der Waals surface area contributed by atoms with Gasteiger partial charge in [0, 0.05) is 29.6 Å². The number of aliphatic hydroxyl groups is 1. The van der Waals surface area contributed by atoms with Gasteiger partial charge in [-0.3, -0.25) is 0 Å². The lowest BCUT2D eigenvalue weighted by Gasteiger charge is -2.20. The van der Waals surface area contributed by atoms with Gasteiger partial charge in [0.2, 0.25) is 0 Å². The van der Waals surface area contributed by atoms with E-state index in [1.165, 1.54) is 15.8 Å². The number of fused-ring (bicyclic) bond motifs is 1. The zero-order valence-corrected chi connectivity index (χ0v) is 18.9. The average molecular weight is 427 g/mol. The van der Waals surface area contributed by atoms with E-state index in [-0.39, 0.29) is 6.61 Å². The summed E-state index contributed by atoms with van der Waals surface area (Å²) in [7, 11) is 0. The van der Waals surface area contributed by atoms with Crippen LogP contribution in [0.1, 0.15) is 49.6 Å². The Kier molecular flexibility index (Phi) is 7.10. The summed E-state index contributed by atoms with van der Waals surface area (Å²) in [6.07, 6.45) is 4.23. The quantitative estimate of drug-likeness (QED) is 0.482. The summed E-state index contributed by atoms with van der Waals surface area (Å²) in [6, 6.07) is 10.6. The SMILES string of the molecule is Cc1cc(-c2ccnc3sc(CCCCO)cc23)ccc1CNC(=O)OC(C)(C)C. The van der Waals surface area contributed by atoms with Gasteiger partial charge in [0.15, 0.2) is 0 Å². The summed E-state index contributed by atoms with van der Waals surface area (Å²) >= 11 is 1.73. The van der Waals surface area contributed by atoms with Gasteiger partial charge in [-0.2, -0.15) is 0 Å². The van der Waals surface area contributed by atoms with Crippen LogP contribution in [0, 0.1) is 6.92 Å². The number of carbonyl (C=O) groups is 1. The molecule has 3 aromatic rings. The van der Waals surface area contributed by atoms with E-state index >= 15 is 0 Å². The van der Waals surface area contributed by atoms with E-state index in [9.17, 15) is 4.79 Å². The van der Waals surface area contributed by atoms with Crippen LogP contribution in [-0.2, 0) is 17.7 Å². The van der Waals surface area contributed by atoms with Crippen LogP contribution < -0.4 is 5.32 Å². The molecule has 2 aromatic heterocycles. The van der Waals surface area contributed by atoms with Crippen molar-refractivity contribution in [3.05, 3.63) is 52.5 Å². The lowest BCUT2D eigenvalue weighted by molar-refractivity contribution is 0.0523. The molecule has 1 amide bonds. The van der Waals surface area contributed by atoms with Crippen LogP contribution in [0.3, 0.4) is 0 Å². The molecule has 0 aliphatic heterocycles. The molecule has 3 rings (SSSR count). The molecule has 160 valence electrons. The maximum absolute atomic E-state index is 11.9. The van der Waals surface area contributed by atoms with Gasteiger partial charge in [-0.15, -0.1) is 11.3 Å². The fourth-order valence-corrected chi connectivity index (χ4v) is 4.38. The molecule has 5 nitrogen and oxygen atoms in total. The van der Waals surface area contributed by atoms with E-state index in [0.717, 1.165) is 40.8 Å². The van der Waals surface area contributed by atoms with Crippen LogP contribution in [0.25, 0.3) is 21.3 Å². The summed E-state index contributed by atoms with van der Waals surface area (Å²) in [5, 5.41) is 13.0. The van der Waals surface area contributed by atoms with E-state index in [2.05, 4.69) is 47.6 Å². The van der Waals surface area contributed by atoms with Gasteiger partial charge in [-0.1, -0.05) is 18.2 Å². The number of carbonyl (C=O) groups excluding carboxylic acids is 1. The number of alkyl carbamates (subject to hydrolysis) is 1. The van der Waals surface area contributed by atoms with Crippen LogP contribution in [0.15, 0.2) is 36.5 Å². The van der Waals surface area contributed by atoms with Crippen molar-refractivity contribution in [2.75, 3.05) is 6.61 Å². The van der Waals surface area contributed by atoms with Crippen molar-refractivity contribution in [2.24, 2.45) is 0 Å². The molecule has 30 heavy (non-hydrogen) atoms. The van der Waals surface area contributed by atoms with E-state index in [0.29, 0.717) is 6.54 Å². The highest BCUT2D eigenvalue weighted by Crippen LogP contribution is 2.34. The van der Waals surface area contributed by atoms with E-state index in [1.807, 2.05) is 27.0 Å². The summed E-state index contributed by atoms with van der Waals surface area (Å²) in [4.78, 5) is 18.8. The third-order valence-corrected chi connectivity index (χ3v) is 5.90. The molecular weight excluding hydrogens is 396 g/mol. The Balaban J connectivity index is 1.77. The molecule has 2 N–H and O–H groups in total. The molecule has 0 saturated carbocycles. The van der Waals surface area contributed by atoms with Crippen LogP contribution >= 0.6 is 11.3 Å². The number of aryl methyl sites for hydroxylation is 2. The largest absolute Gasteiger partial charge is 0.444 e. The monoisotopic (exact) mass is 426 g/mol. The predicted molar refractivity (Wildman–Crippen MR) is 123 cm³/mol. The van der Waals surface area contributed by atoms with E-state index < -0.39 is 11.7 Å². The minimum absolute atomic E-state index is 0.239. The number of nitrogens with one attached hydrogen (secondary N) is 1. The normalized spacial score (nSPS) is 11.6. The first-order chi connectivity index (χ1) is 14.3. The molecule has 0 atom stereocenters. The summed E-state index contributed by atoms with van der Waals surface area (Å²) in [5.41, 5.74) is 3.98. The first kappa shape index (κ1) is 22.2. The number of aliphatic hydroxyl groups excluding tert-OH is 1. The van der Waals surface area contributed by atoms with Gasteiger partial charge in [-0.05, 0) is 81.3 Å². The highest BCUT2D eigenvalue weighted by molar-refractivity contribution is 7.18. The van der Waals surface area contributed by atoms with Crippen molar-refractivity contribution in [1.82, 2.24) is 10.3 Å². The van der Waals surface area contributed by atoms with Crippen molar-refractivity contribution >= 4 is 27.6 Å². The number of thiophene rings is 1. The van der Waals surface area contributed by atoms with Crippen LogP contribution in [0.2, 0.25) is 0 Å². The third kappa shape index (κ3) is 5.80. The molecule has 1 aromatic carbocycles. The van der Waals surface area contributed by atoms with Crippen molar-refractivity contribution < 1.29 is 14.6 Å². The number of nitrogens with zero attached hydrogens (tertiary/aromatic N) is 1. The minimum atomic E-state index is -0.507. The van der Waals surface area contributed by atoms with Gasteiger partial charge >= 0.3 is 6.09 Å². The van der Waals surface area contributed by atoms with E-state index in [4.69, 9.17) is 9.84 Å². The molecule has 2 heterocycles. The number of ether oxygens (including phenoxy) is 1. The first-order valence-corrected chi connectivity index (χ1v) is 11.1. The minimum Gasteiger partial charge on any atom is -0.444 e. The van der Waals surface area contributed by atoms with Crippen molar-refractivity contribution in [2.45, 2.75) is 59.1 Å². The molecule has 0 aliphatic carbocycles. The lowest BCUT2D eigenvalue weighted by atomic mass is 9.98. The number of hydrogen-bond donors (Lipinski definition) is 2. The Labute approximate surface area is 182 Å². The van der Waals surface area contributed by atoms with Gasteiger partial charge in [0.25, 0.3) is 0 Å². The molecule has 0 radical (unpaired) electrons. The molecule has 6 heteroatoms. The number of benzene rings is 1. The van der Waals surface area contributed by atoms with Crippen molar-refractivity contribution in [3.63, 3.8) is 0 Å². The summed E-state index contributed by atoms with van der Waals surface area (Å²) in [6.45, 7) is 8.28. The molecule has 0 spiro atoms. The Bertz CT molecular complexity index is 1020. The topological polar surface area (TPSA) is 71.5 Å². The zero-order chi connectivity index (χ0) is 21.7. The summed E-state index contributed by atoms with van der Waals surface area (Å²) in [5.74, 6) is 0.